The lowest BCUT2D eigenvalue weighted by atomic mass is 9.94. The zero-order chi connectivity index (χ0) is 18.8. The minimum Gasteiger partial charge on any atom is -0.356 e. The van der Waals surface area contributed by atoms with Gasteiger partial charge in [0.05, 0.1) is 0 Å². The van der Waals surface area contributed by atoms with Crippen molar-refractivity contribution < 1.29 is 4.21 Å². The van der Waals surface area contributed by atoms with Crippen molar-refractivity contribution in [1.82, 2.24) is 15.5 Å². The van der Waals surface area contributed by atoms with Crippen molar-refractivity contribution in [2.75, 3.05) is 32.9 Å². The molecule has 2 N–H and O–H groups in total. The van der Waals surface area contributed by atoms with Gasteiger partial charge in [0.2, 0.25) is 0 Å². The highest BCUT2D eigenvalue weighted by atomic mass is 32.2. The van der Waals surface area contributed by atoms with E-state index in [2.05, 4.69) is 27.6 Å². The van der Waals surface area contributed by atoms with E-state index in [0.29, 0.717) is 11.3 Å². The molecule has 0 saturated heterocycles. The molecule has 2 aliphatic rings. The molecular weight excluding hydrogens is 344 g/mol. The van der Waals surface area contributed by atoms with Crippen LogP contribution in [-0.2, 0) is 10.8 Å². The molecule has 0 heterocycles. The monoisotopic (exact) mass is 384 g/mol. The molecule has 3 atom stereocenters. The van der Waals surface area contributed by atoms with Gasteiger partial charge in [0.1, 0.15) is 0 Å². The average molecular weight is 385 g/mol. The summed E-state index contributed by atoms with van der Waals surface area (Å²) in [6.45, 7) is 4.13. The Kier molecular flexibility index (Phi) is 9.97. The number of guanidine groups is 1. The molecule has 152 valence electrons. The third-order valence-corrected chi connectivity index (χ3v) is 7.77. The second-order valence-electron chi connectivity index (χ2n) is 7.92. The standard InChI is InChI=1S/C20H40N4OS/c1-4-26(25)19-13-8-10-17(16-19)23-20(21-2)22-14-9-15-24(3)18-11-6-5-7-12-18/h17-19H,4-16H2,1-3H3,(H2,21,22,23). The summed E-state index contributed by atoms with van der Waals surface area (Å²) in [6, 6.07) is 1.19. The molecule has 0 aromatic heterocycles. The minimum absolute atomic E-state index is 0.355. The SMILES string of the molecule is CCS(=O)C1CCCC(NC(=NC)NCCCN(C)C2CCCCC2)C1. The quantitative estimate of drug-likeness (QED) is 0.384. The van der Waals surface area contributed by atoms with Gasteiger partial charge in [0.15, 0.2) is 5.96 Å². The summed E-state index contributed by atoms with van der Waals surface area (Å²) >= 11 is 0. The first-order valence-corrected chi connectivity index (χ1v) is 12.1. The first-order chi connectivity index (χ1) is 12.6. The topological polar surface area (TPSA) is 56.7 Å². The van der Waals surface area contributed by atoms with Crippen molar-refractivity contribution in [3.8, 4) is 0 Å². The van der Waals surface area contributed by atoms with Crippen LogP contribution in [0.2, 0.25) is 0 Å². The van der Waals surface area contributed by atoms with Crippen molar-refractivity contribution in [1.29, 1.82) is 0 Å². The number of rotatable bonds is 8. The summed E-state index contributed by atoms with van der Waals surface area (Å²) in [6.07, 6.45) is 12.5. The minimum atomic E-state index is -0.671. The van der Waals surface area contributed by atoms with E-state index in [0.717, 1.165) is 62.9 Å². The molecule has 0 aromatic rings. The lowest BCUT2D eigenvalue weighted by Crippen LogP contribution is -2.47. The molecule has 0 aliphatic heterocycles. The Labute approximate surface area is 163 Å². The molecule has 5 nitrogen and oxygen atoms in total. The molecule has 26 heavy (non-hydrogen) atoms. The van der Waals surface area contributed by atoms with E-state index in [-0.39, 0.29) is 0 Å². The van der Waals surface area contributed by atoms with E-state index in [1.54, 1.807) is 0 Å². The van der Waals surface area contributed by atoms with Gasteiger partial charge >= 0.3 is 0 Å². The van der Waals surface area contributed by atoms with E-state index in [1.807, 2.05) is 14.0 Å². The molecule has 2 saturated carbocycles. The first-order valence-electron chi connectivity index (χ1n) is 10.7. The Balaban J connectivity index is 1.65. The maximum atomic E-state index is 12.1. The molecule has 0 bridgehead atoms. The van der Waals surface area contributed by atoms with Crippen molar-refractivity contribution in [3.63, 3.8) is 0 Å². The number of hydrogen-bond acceptors (Lipinski definition) is 3. The lowest BCUT2D eigenvalue weighted by Gasteiger charge is -2.31. The van der Waals surface area contributed by atoms with E-state index >= 15 is 0 Å². The van der Waals surface area contributed by atoms with Crippen molar-refractivity contribution in [3.05, 3.63) is 0 Å². The Morgan fingerprint density at radius 1 is 1.15 bits per heavy atom. The predicted molar refractivity (Wildman–Crippen MR) is 113 cm³/mol. The average Bonchev–Trinajstić information content (AvgIpc) is 2.70. The van der Waals surface area contributed by atoms with Crippen LogP contribution in [0.25, 0.3) is 0 Å². The molecule has 2 aliphatic carbocycles. The molecule has 2 fully saturated rings. The van der Waals surface area contributed by atoms with Crippen LogP contribution in [0.1, 0.15) is 71.1 Å². The summed E-state index contributed by atoms with van der Waals surface area (Å²) in [5, 5.41) is 7.38. The van der Waals surface area contributed by atoms with Gasteiger partial charge in [-0.15, -0.1) is 0 Å². The van der Waals surface area contributed by atoms with Gasteiger partial charge in [-0.25, -0.2) is 0 Å². The fraction of sp³-hybridized carbons (Fsp3) is 0.950. The van der Waals surface area contributed by atoms with Gasteiger partial charge in [-0.2, -0.15) is 0 Å². The predicted octanol–water partition coefficient (Wildman–Crippen LogP) is 2.89. The highest BCUT2D eigenvalue weighted by Gasteiger charge is 2.26. The largest absolute Gasteiger partial charge is 0.356 e. The highest BCUT2D eigenvalue weighted by molar-refractivity contribution is 7.85. The third kappa shape index (κ3) is 7.18. The van der Waals surface area contributed by atoms with E-state index < -0.39 is 10.8 Å². The van der Waals surface area contributed by atoms with Crippen LogP contribution < -0.4 is 10.6 Å². The summed E-state index contributed by atoms with van der Waals surface area (Å²) in [5.41, 5.74) is 0. The van der Waals surface area contributed by atoms with Crippen LogP contribution in [0.15, 0.2) is 4.99 Å². The van der Waals surface area contributed by atoms with E-state index in [1.165, 1.54) is 32.1 Å². The Morgan fingerprint density at radius 2 is 1.92 bits per heavy atom. The number of aliphatic imine (C=N–C) groups is 1. The molecule has 0 aromatic carbocycles. The molecule has 0 amide bonds. The smallest absolute Gasteiger partial charge is 0.191 e. The van der Waals surface area contributed by atoms with Gasteiger partial charge in [-0.1, -0.05) is 32.6 Å². The van der Waals surface area contributed by atoms with Crippen molar-refractivity contribution >= 4 is 16.8 Å². The molecule has 6 heteroatoms. The molecule has 2 rings (SSSR count). The van der Waals surface area contributed by atoms with Gasteiger partial charge in [-0.3, -0.25) is 9.20 Å². The Hall–Kier alpha value is -0.620. The normalized spacial score (nSPS) is 26.7. The van der Waals surface area contributed by atoms with Gasteiger partial charge < -0.3 is 15.5 Å². The summed E-state index contributed by atoms with van der Waals surface area (Å²) in [4.78, 5) is 6.93. The molecule has 0 radical (unpaired) electrons. The maximum absolute atomic E-state index is 12.1. The van der Waals surface area contributed by atoms with E-state index in [9.17, 15) is 4.21 Å². The second-order valence-corrected chi connectivity index (χ2v) is 9.93. The fourth-order valence-corrected chi connectivity index (χ4v) is 5.73. The van der Waals surface area contributed by atoms with Crippen LogP contribution in [0.3, 0.4) is 0 Å². The maximum Gasteiger partial charge on any atom is 0.191 e. The third-order valence-electron chi connectivity index (χ3n) is 6.02. The number of nitrogens with zero attached hydrogens (tertiary/aromatic N) is 2. The van der Waals surface area contributed by atoms with Gasteiger partial charge in [-0.05, 0) is 52.1 Å². The van der Waals surface area contributed by atoms with Crippen molar-refractivity contribution in [2.24, 2.45) is 4.99 Å². The van der Waals surface area contributed by atoms with Crippen LogP contribution in [0, 0.1) is 0 Å². The van der Waals surface area contributed by atoms with Crippen LogP contribution >= 0.6 is 0 Å². The van der Waals surface area contributed by atoms with Crippen LogP contribution in [0.4, 0.5) is 0 Å². The van der Waals surface area contributed by atoms with Crippen molar-refractivity contribution in [2.45, 2.75) is 88.5 Å². The summed E-state index contributed by atoms with van der Waals surface area (Å²) < 4.78 is 12.1. The molecule has 3 unspecified atom stereocenters. The number of hydrogen-bond donors (Lipinski definition) is 2. The summed E-state index contributed by atoms with van der Waals surface area (Å²) in [5.74, 6) is 1.68. The van der Waals surface area contributed by atoms with Crippen LogP contribution in [-0.4, -0.2) is 65.3 Å². The molecular formula is C20H40N4OS. The van der Waals surface area contributed by atoms with Gasteiger partial charge in [0, 0.05) is 47.5 Å². The fourth-order valence-electron chi connectivity index (χ4n) is 4.38. The zero-order valence-electron chi connectivity index (χ0n) is 17.1. The molecule has 0 spiro atoms. The number of nitrogens with one attached hydrogen (secondary N) is 2. The highest BCUT2D eigenvalue weighted by Crippen LogP contribution is 2.23. The lowest BCUT2D eigenvalue weighted by molar-refractivity contribution is 0.190. The Morgan fingerprint density at radius 3 is 2.62 bits per heavy atom. The summed E-state index contributed by atoms with van der Waals surface area (Å²) in [7, 11) is 3.45. The zero-order valence-corrected chi connectivity index (χ0v) is 18.0. The Bertz CT molecular complexity index is 451. The van der Waals surface area contributed by atoms with E-state index in [4.69, 9.17) is 0 Å². The second kappa shape index (κ2) is 12.0. The van der Waals surface area contributed by atoms with Gasteiger partial charge in [0.25, 0.3) is 0 Å². The van der Waals surface area contributed by atoms with Crippen LogP contribution in [0.5, 0.6) is 0 Å². The first kappa shape index (κ1) is 21.7.